The van der Waals surface area contributed by atoms with Crippen molar-refractivity contribution in [2.75, 3.05) is 13.2 Å². The summed E-state index contributed by atoms with van der Waals surface area (Å²) in [7, 11) is 0. The van der Waals surface area contributed by atoms with Gasteiger partial charge in [0.1, 0.15) is 6.04 Å². The van der Waals surface area contributed by atoms with E-state index >= 15 is 0 Å². The van der Waals surface area contributed by atoms with Crippen molar-refractivity contribution in [1.29, 1.82) is 0 Å². The van der Waals surface area contributed by atoms with E-state index in [4.69, 9.17) is 0 Å². The molecular formula is C27H39N3O4S. The van der Waals surface area contributed by atoms with Gasteiger partial charge in [0, 0.05) is 18.3 Å². The predicted molar refractivity (Wildman–Crippen MR) is 137 cm³/mol. The summed E-state index contributed by atoms with van der Waals surface area (Å²) in [5.74, 6) is -1.37. The molecule has 192 valence electrons. The molecule has 3 N–H and O–H groups in total. The van der Waals surface area contributed by atoms with Gasteiger partial charge in [-0.05, 0) is 30.2 Å². The highest BCUT2D eigenvalue weighted by Crippen LogP contribution is 2.68. The number of amides is 3. The summed E-state index contributed by atoms with van der Waals surface area (Å²) >= 11 is 1.67. The molecule has 3 heterocycles. The first-order valence-electron chi connectivity index (χ1n) is 13.0. The molecule has 3 amide bonds. The van der Waals surface area contributed by atoms with Crippen LogP contribution in [0.3, 0.4) is 0 Å². The third-order valence-corrected chi connectivity index (χ3v) is 10.3. The van der Waals surface area contributed by atoms with Crippen molar-refractivity contribution in [2.45, 2.75) is 75.6 Å². The maximum absolute atomic E-state index is 14.1. The number of unbranched alkanes of at least 4 members (excludes halogenated alkanes) is 1. The van der Waals surface area contributed by atoms with Crippen LogP contribution in [0.5, 0.6) is 0 Å². The average Bonchev–Trinajstić information content (AvgIpc) is 3.43. The van der Waals surface area contributed by atoms with E-state index < -0.39 is 28.7 Å². The molecule has 1 aromatic rings. The van der Waals surface area contributed by atoms with Crippen molar-refractivity contribution in [1.82, 2.24) is 15.5 Å². The number of fused-ring (bicyclic) bond motifs is 1. The highest BCUT2D eigenvalue weighted by atomic mass is 32.2. The Labute approximate surface area is 212 Å². The van der Waals surface area contributed by atoms with Crippen LogP contribution in [-0.4, -0.2) is 63.0 Å². The molecule has 8 heteroatoms. The molecule has 3 unspecified atom stereocenters. The monoisotopic (exact) mass is 501 g/mol. The molecule has 0 radical (unpaired) electrons. The minimum Gasteiger partial charge on any atom is -0.394 e. The van der Waals surface area contributed by atoms with Gasteiger partial charge in [-0.2, -0.15) is 0 Å². The van der Waals surface area contributed by atoms with E-state index in [9.17, 15) is 19.5 Å². The average molecular weight is 502 g/mol. The highest BCUT2D eigenvalue weighted by Gasteiger charge is 2.76. The molecule has 7 atom stereocenters. The molecule has 3 fully saturated rings. The van der Waals surface area contributed by atoms with E-state index in [-0.39, 0.29) is 41.4 Å². The number of carbonyl (C=O) groups is 3. The number of carbonyl (C=O) groups excluding carboxylic acids is 3. The zero-order chi connectivity index (χ0) is 25.3. The van der Waals surface area contributed by atoms with Crippen molar-refractivity contribution in [2.24, 2.45) is 23.7 Å². The van der Waals surface area contributed by atoms with Gasteiger partial charge >= 0.3 is 0 Å². The number of hydrogen-bond acceptors (Lipinski definition) is 5. The lowest BCUT2D eigenvalue weighted by Gasteiger charge is -2.40. The van der Waals surface area contributed by atoms with Gasteiger partial charge in [0.25, 0.3) is 0 Å². The smallest absolute Gasteiger partial charge is 0.244 e. The fourth-order valence-electron chi connectivity index (χ4n) is 6.42. The predicted octanol–water partition coefficient (Wildman–Crippen LogP) is 2.57. The van der Waals surface area contributed by atoms with Gasteiger partial charge in [-0.15, -0.1) is 11.8 Å². The summed E-state index contributed by atoms with van der Waals surface area (Å²) in [6, 6.07) is 8.59. The maximum Gasteiger partial charge on any atom is 0.244 e. The Hall–Kier alpha value is -2.06. The molecule has 3 aliphatic rings. The van der Waals surface area contributed by atoms with E-state index in [1.165, 1.54) is 0 Å². The van der Waals surface area contributed by atoms with Gasteiger partial charge in [-0.3, -0.25) is 14.4 Å². The fourth-order valence-corrected chi connectivity index (χ4v) is 8.83. The third-order valence-electron chi connectivity index (χ3n) is 8.19. The number of thioether (sulfide) groups is 1. The third kappa shape index (κ3) is 4.37. The number of likely N-dealkylation sites (tertiary alicyclic amines) is 1. The Morgan fingerprint density at radius 3 is 2.54 bits per heavy atom. The fraction of sp³-hybridized carbons (Fsp3) is 0.667. The Morgan fingerprint density at radius 2 is 1.91 bits per heavy atom. The Morgan fingerprint density at radius 1 is 1.20 bits per heavy atom. The van der Waals surface area contributed by atoms with Crippen molar-refractivity contribution >= 4 is 29.5 Å². The van der Waals surface area contributed by atoms with Crippen LogP contribution in [0.2, 0.25) is 0 Å². The first-order chi connectivity index (χ1) is 16.8. The van der Waals surface area contributed by atoms with E-state index in [2.05, 4.69) is 24.5 Å². The first kappa shape index (κ1) is 26.0. The number of rotatable bonds is 10. The van der Waals surface area contributed by atoms with Crippen LogP contribution in [0, 0.1) is 23.7 Å². The minimum atomic E-state index is -0.687. The quantitative estimate of drug-likeness (QED) is 0.428. The number of hydrogen-bond donors (Lipinski definition) is 3. The molecule has 4 rings (SSSR count). The Bertz CT molecular complexity index is 942. The van der Waals surface area contributed by atoms with Gasteiger partial charge in [-0.1, -0.05) is 64.4 Å². The second kappa shape index (κ2) is 10.5. The molecule has 3 aliphatic heterocycles. The first-order valence-corrected chi connectivity index (χ1v) is 13.9. The topological polar surface area (TPSA) is 98.7 Å². The minimum absolute atomic E-state index is 0.00874. The zero-order valence-corrected chi connectivity index (χ0v) is 22.0. The molecule has 7 nitrogen and oxygen atoms in total. The summed E-state index contributed by atoms with van der Waals surface area (Å²) in [5, 5.41) is 16.4. The van der Waals surface area contributed by atoms with Crippen LogP contribution in [-0.2, 0) is 20.9 Å². The molecule has 1 aromatic carbocycles. The molecule has 0 aromatic heterocycles. The van der Waals surface area contributed by atoms with E-state index in [0.29, 0.717) is 13.1 Å². The van der Waals surface area contributed by atoms with Crippen molar-refractivity contribution in [3.8, 4) is 0 Å². The van der Waals surface area contributed by atoms with Crippen LogP contribution in [0.1, 0.15) is 52.5 Å². The lowest BCUT2D eigenvalue weighted by molar-refractivity contribution is -0.143. The van der Waals surface area contributed by atoms with Crippen LogP contribution < -0.4 is 10.6 Å². The summed E-state index contributed by atoms with van der Waals surface area (Å²) < 4.78 is -0.658. The lowest BCUT2D eigenvalue weighted by Crippen LogP contribution is -2.59. The van der Waals surface area contributed by atoms with Gasteiger partial charge < -0.3 is 20.6 Å². The van der Waals surface area contributed by atoms with Gasteiger partial charge in [-0.25, -0.2) is 0 Å². The number of benzene rings is 1. The molecular weight excluding hydrogens is 462 g/mol. The number of aliphatic hydroxyl groups excluding tert-OH is 1. The normalized spacial score (nSPS) is 32.1. The molecule has 0 saturated carbocycles. The van der Waals surface area contributed by atoms with Gasteiger partial charge in [0.05, 0.1) is 29.2 Å². The maximum atomic E-state index is 14.1. The summed E-state index contributed by atoms with van der Waals surface area (Å²) in [4.78, 5) is 42.9. The van der Waals surface area contributed by atoms with Crippen LogP contribution >= 0.6 is 11.8 Å². The number of nitrogens with one attached hydrogen (secondary N) is 2. The second-order valence-electron chi connectivity index (χ2n) is 10.6. The van der Waals surface area contributed by atoms with E-state index in [0.717, 1.165) is 24.8 Å². The standard InChI is InChI=1S/C27H39N3O4S/c1-5-6-12-28-25(33)23-27-17(4)13-20(35-27)21(24(32)29-14-18-10-8-7-9-11-18)22(27)26(34)30(23)19(15-31)16(2)3/h7-11,16-17,19-23,31H,5-6,12-15H2,1-4H3,(H,28,33)(H,29,32)/t17?,19-,20+,21-,22-,23?,27?/m0/s1. The molecule has 1 spiro atoms. The Kier molecular flexibility index (Phi) is 7.81. The van der Waals surface area contributed by atoms with Crippen molar-refractivity contribution < 1.29 is 19.5 Å². The highest BCUT2D eigenvalue weighted by molar-refractivity contribution is 8.02. The molecule has 0 aliphatic carbocycles. The van der Waals surface area contributed by atoms with Crippen LogP contribution in [0.15, 0.2) is 30.3 Å². The number of aliphatic hydroxyl groups is 1. The summed E-state index contributed by atoms with van der Waals surface area (Å²) in [6.07, 6.45) is 2.63. The summed E-state index contributed by atoms with van der Waals surface area (Å²) in [6.45, 7) is 8.87. The van der Waals surface area contributed by atoms with Crippen LogP contribution in [0.25, 0.3) is 0 Å². The van der Waals surface area contributed by atoms with Crippen LogP contribution in [0.4, 0.5) is 0 Å². The zero-order valence-electron chi connectivity index (χ0n) is 21.2. The Balaban J connectivity index is 1.67. The largest absolute Gasteiger partial charge is 0.394 e. The van der Waals surface area contributed by atoms with Gasteiger partial charge in [0.15, 0.2) is 0 Å². The SMILES string of the molecule is CCCCNC(=O)C1N([C@@H](CO)C(C)C)C(=O)[C@@H]2[C@@H](C(=O)NCc3ccccc3)[C@H]3CC(C)C12S3. The van der Waals surface area contributed by atoms with Gasteiger partial charge in [0.2, 0.25) is 17.7 Å². The second-order valence-corrected chi connectivity index (χ2v) is 12.2. The van der Waals surface area contributed by atoms with Crippen molar-refractivity contribution in [3.05, 3.63) is 35.9 Å². The molecule has 35 heavy (non-hydrogen) atoms. The van der Waals surface area contributed by atoms with Crippen molar-refractivity contribution in [3.63, 3.8) is 0 Å². The lowest BCUT2D eigenvalue weighted by atomic mass is 9.66. The number of nitrogens with zero attached hydrogens (tertiary/aromatic N) is 1. The molecule has 2 bridgehead atoms. The molecule has 3 saturated heterocycles. The van der Waals surface area contributed by atoms with E-state index in [1.807, 2.05) is 44.2 Å². The van der Waals surface area contributed by atoms with E-state index in [1.54, 1.807) is 16.7 Å². The summed E-state index contributed by atoms with van der Waals surface area (Å²) in [5.41, 5.74) is 1.01.